The first-order valence-electron chi connectivity index (χ1n) is 7.48. The van der Waals surface area contributed by atoms with Gasteiger partial charge in [0.25, 0.3) is 0 Å². The molecule has 1 aromatic carbocycles. The lowest BCUT2D eigenvalue weighted by Crippen LogP contribution is -2.48. The number of rotatable bonds is 3. The van der Waals surface area contributed by atoms with Crippen LogP contribution in [0.4, 0.5) is 11.4 Å². The molecule has 0 aromatic heterocycles. The Bertz CT molecular complexity index is 520. The molecule has 116 valence electrons. The van der Waals surface area contributed by atoms with Gasteiger partial charge < -0.3 is 11.1 Å². The highest BCUT2D eigenvalue weighted by Gasteiger charge is 2.29. The number of benzene rings is 1. The van der Waals surface area contributed by atoms with Crippen LogP contribution in [0.3, 0.4) is 0 Å². The molecule has 1 amide bonds. The molecule has 3 atom stereocenters. The minimum atomic E-state index is -0.168. The Morgan fingerprint density at radius 1 is 1.43 bits per heavy atom. The summed E-state index contributed by atoms with van der Waals surface area (Å²) in [7, 11) is 0. The molecule has 0 spiro atoms. The predicted molar refractivity (Wildman–Crippen MR) is 88.5 cm³/mol. The molecule has 3 N–H and O–H groups in total. The van der Waals surface area contributed by atoms with Crippen molar-refractivity contribution in [2.75, 3.05) is 24.1 Å². The molecule has 21 heavy (non-hydrogen) atoms. The topological polar surface area (TPSA) is 58.4 Å². The van der Waals surface area contributed by atoms with Crippen molar-refractivity contribution in [2.45, 2.75) is 33.2 Å². The molecule has 0 saturated carbocycles. The lowest BCUT2D eigenvalue weighted by molar-refractivity contribution is -0.121. The van der Waals surface area contributed by atoms with Crippen LogP contribution >= 0.6 is 11.6 Å². The Balaban J connectivity index is 2.01. The van der Waals surface area contributed by atoms with Crippen LogP contribution in [-0.2, 0) is 4.79 Å². The standard InChI is InChI=1S/C16H24ClN3O/c1-10-6-7-20(9-11(10)2)12(3)16(21)19-15-8-13(17)4-5-14(15)18/h4-5,8,10-12H,6-7,9,18H2,1-3H3,(H,19,21). The summed E-state index contributed by atoms with van der Waals surface area (Å²) in [5.41, 5.74) is 6.98. The number of carbonyl (C=O) groups excluding carboxylic acids is 1. The smallest absolute Gasteiger partial charge is 0.241 e. The van der Waals surface area contributed by atoms with Crippen molar-refractivity contribution >= 4 is 28.9 Å². The number of hydrogen-bond donors (Lipinski definition) is 2. The largest absolute Gasteiger partial charge is 0.397 e. The van der Waals surface area contributed by atoms with Gasteiger partial charge in [0.15, 0.2) is 0 Å². The molecule has 1 fully saturated rings. The van der Waals surface area contributed by atoms with Gasteiger partial charge in [0.2, 0.25) is 5.91 Å². The Morgan fingerprint density at radius 2 is 2.14 bits per heavy atom. The van der Waals surface area contributed by atoms with Gasteiger partial charge in [0.05, 0.1) is 17.4 Å². The Hall–Kier alpha value is -1.26. The maximum Gasteiger partial charge on any atom is 0.241 e. The van der Waals surface area contributed by atoms with E-state index in [-0.39, 0.29) is 11.9 Å². The third-order valence-corrected chi connectivity index (χ3v) is 4.80. The number of amides is 1. The van der Waals surface area contributed by atoms with E-state index in [0.717, 1.165) is 25.4 Å². The molecule has 1 aromatic rings. The van der Waals surface area contributed by atoms with Gasteiger partial charge in [-0.1, -0.05) is 25.4 Å². The first-order chi connectivity index (χ1) is 9.88. The molecule has 5 heteroatoms. The number of nitrogens with two attached hydrogens (primary N) is 1. The minimum absolute atomic E-state index is 0.0364. The van der Waals surface area contributed by atoms with Crippen molar-refractivity contribution in [2.24, 2.45) is 11.8 Å². The Labute approximate surface area is 131 Å². The highest BCUT2D eigenvalue weighted by atomic mass is 35.5. The zero-order valence-electron chi connectivity index (χ0n) is 12.9. The number of nitrogens with one attached hydrogen (secondary N) is 1. The number of piperidine rings is 1. The summed E-state index contributed by atoms with van der Waals surface area (Å²) in [5, 5.41) is 3.45. The number of likely N-dealkylation sites (tertiary alicyclic amines) is 1. The maximum atomic E-state index is 12.4. The van der Waals surface area contributed by atoms with Crippen LogP contribution in [0.1, 0.15) is 27.2 Å². The van der Waals surface area contributed by atoms with Gasteiger partial charge in [0.1, 0.15) is 0 Å². The van der Waals surface area contributed by atoms with E-state index in [2.05, 4.69) is 24.1 Å². The lowest BCUT2D eigenvalue weighted by Gasteiger charge is -2.38. The van der Waals surface area contributed by atoms with Crippen molar-refractivity contribution in [1.82, 2.24) is 4.90 Å². The molecular weight excluding hydrogens is 286 g/mol. The fourth-order valence-electron chi connectivity index (χ4n) is 2.69. The quantitative estimate of drug-likeness (QED) is 0.843. The molecule has 2 rings (SSSR count). The molecule has 0 radical (unpaired) electrons. The summed E-state index contributed by atoms with van der Waals surface area (Å²) < 4.78 is 0. The summed E-state index contributed by atoms with van der Waals surface area (Å²) >= 11 is 5.95. The fraction of sp³-hybridized carbons (Fsp3) is 0.562. The van der Waals surface area contributed by atoms with Crippen LogP contribution in [0.5, 0.6) is 0 Å². The third kappa shape index (κ3) is 3.89. The second kappa shape index (κ2) is 6.67. The zero-order valence-corrected chi connectivity index (χ0v) is 13.7. The second-order valence-electron chi connectivity index (χ2n) is 6.13. The number of halogens is 1. The van der Waals surface area contributed by atoms with Gasteiger partial charge in [-0.15, -0.1) is 0 Å². The summed E-state index contributed by atoms with van der Waals surface area (Å²) in [4.78, 5) is 14.6. The molecule has 4 nitrogen and oxygen atoms in total. The van der Waals surface area contributed by atoms with Crippen molar-refractivity contribution in [1.29, 1.82) is 0 Å². The molecule has 3 unspecified atom stereocenters. The minimum Gasteiger partial charge on any atom is -0.397 e. The second-order valence-corrected chi connectivity index (χ2v) is 6.57. The normalized spacial score (nSPS) is 24.6. The summed E-state index contributed by atoms with van der Waals surface area (Å²) in [6.45, 7) is 8.39. The molecule has 1 heterocycles. The highest BCUT2D eigenvalue weighted by molar-refractivity contribution is 6.31. The van der Waals surface area contributed by atoms with E-state index in [9.17, 15) is 4.79 Å². The SMILES string of the molecule is CC1CCN(C(C)C(=O)Nc2cc(Cl)ccc2N)CC1C. The van der Waals surface area contributed by atoms with Crippen LogP contribution < -0.4 is 11.1 Å². The molecular formula is C16H24ClN3O. The Kier molecular flexibility index (Phi) is 5.12. The van der Waals surface area contributed by atoms with Crippen molar-refractivity contribution < 1.29 is 4.79 Å². The summed E-state index contributed by atoms with van der Waals surface area (Å²) in [6, 6.07) is 4.93. The van der Waals surface area contributed by atoms with Crippen molar-refractivity contribution in [3.05, 3.63) is 23.2 Å². The number of anilines is 2. The average Bonchev–Trinajstić information content (AvgIpc) is 2.45. The monoisotopic (exact) mass is 309 g/mol. The van der Waals surface area contributed by atoms with E-state index in [0.29, 0.717) is 22.3 Å². The Morgan fingerprint density at radius 3 is 2.81 bits per heavy atom. The van der Waals surface area contributed by atoms with Crippen LogP contribution in [0.15, 0.2) is 18.2 Å². The van der Waals surface area contributed by atoms with E-state index in [1.165, 1.54) is 0 Å². The number of carbonyl (C=O) groups is 1. The van der Waals surface area contributed by atoms with Crippen molar-refractivity contribution in [3.63, 3.8) is 0 Å². The van der Waals surface area contributed by atoms with Gasteiger partial charge in [0, 0.05) is 11.6 Å². The van der Waals surface area contributed by atoms with Crippen LogP contribution in [0, 0.1) is 11.8 Å². The number of hydrogen-bond acceptors (Lipinski definition) is 3. The van der Waals surface area contributed by atoms with Gasteiger partial charge in [-0.25, -0.2) is 0 Å². The average molecular weight is 310 g/mol. The first-order valence-corrected chi connectivity index (χ1v) is 7.86. The van der Waals surface area contributed by atoms with E-state index < -0.39 is 0 Å². The van der Waals surface area contributed by atoms with Gasteiger partial charge in [-0.2, -0.15) is 0 Å². The number of nitrogens with zero attached hydrogens (tertiary/aromatic N) is 1. The zero-order chi connectivity index (χ0) is 15.6. The lowest BCUT2D eigenvalue weighted by atomic mass is 9.88. The summed E-state index contributed by atoms with van der Waals surface area (Å²) in [5.74, 6) is 1.30. The third-order valence-electron chi connectivity index (χ3n) is 4.57. The van der Waals surface area contributed by atoms with Crippen LogP contribution in [0.25, 0.3) is 0 Å². The summed E-state index contributed by atoms with van der Waals surface area (Å²) in [6.07, 6.45) is 1.14. The molecule has 1 aliphatic heterocycles. The molecule has 0 aliphatic carbocycles. The van der Waals surface area contributed by atoms with E-state index in [4.69, 9.17) is 17.3 Å². The van der Waals surface area contributed by atoms with Gasteiger partial charge >= 0.3 is 0 Å². The van der Waals surface area contributed by atoms with E-state index in [1.54, 1.807) is 18.2 Å². The molecule has 1 aliphatic rings. The van der Waals surface area contributed by atoms with E-state index in [1.807, 2.05) is 6.92 Å². The van der Waals surface area contributed by atoms with Crippen LogP contribution in [0.2, 0.25) is 5.02 Å². The molecule has 0 bridgehead atoms. The van der Waals surface area contributed by atoms with Gasteiger partial charge in [-0.3, -0.25) is 9.69 Å². The highest BCUT2D eigenvalue weighted by Crippen LogP contribution is 2.26. The fourth-order valence-corrected chi connectivity index (χ4v) is 2.86. The first kappa shape index (κ1) is 16.1. The van der Waals surface area contributed by atoms with Crippen molar-refractivity contribution in [3.8, 4) is 0 Å². The van der Waals surface area contributed by atoms with E-state index >= 15 is 0 Å². The predicted octanol–water partition coefficient (Wildman–Crippen LogP) is 3.23. The molecule has 1 saturated heterocycles. The maximum absolute atomic E-state index is 12.4. The van der Waals surface area contributed by atoms with Gasteiger partial charge in [-0.05, 0) is 49.9 Å². The number of nitrogen functional groups attached to an aromatic ring is 1. The van der Waals surface area contributed by atoms with Crippen LogP contribution in [-0.4, -0.2) is 29.9 Å².